The van der Waals surface area contributed by atoms with Gasteiger partial charge in [-0.3, -0.25) is 4.90 Å². The Labute approximate surface area is 119 Å². The summed E-state index contributed by atoms with van der Waals surface area (Å²) in [6.45, 7) is 6.90. The highest BCUT2D eigenvalue weighted by molar-refractivity contribution is 7.16. The second-order valence-electron chi connectivity index (χ2n) is 5.38. The van der Waals surface area contributed by atoms with Gasteiger partial charge >= 0.3 is 0 Å². The SMILES string of the molecule is CCC(C)(C(N)c1ccc(Cl)s1)N1CCCCC1. The van der Waals surface area contributed by atoms with Crippen LogP contribution >= 0.6 is 22.9 Å². The van der Waals surface area contributed by atoms with Crippen LogP contribution in [0.3, 0.4) is 0 Å². The summed E-state index contributed by atoms with van der Waals surface area (Å²) < 4.78 is 0.831. The summed E-state index contributed by atoms with van der Waals surface area (Å²) in [5, 5.41) is 0. The normalized spacial score (nSPS) is 22.7. The van der Waals surface area contributed by atoms with Crippen molar-refractivity contribution in [2.45, 2.75) is 51.1 Å². The molecule has 18 heavy (non-hydrogen) atoms. The summed E-state index contributed by atoms with van der Waals surface area (Å²) in [4.78, 5) is 3.78. The van der Waals surface area contributed by atoms with Crippen molar-refractivity contribution in [3.63, 3.8) is 0 Å². The average molecular weight is 287 g/mol. The number of hydrogen-bond acceptors (Lipinski definition) is 3. The van der Waals surface area contributed by atoms with Crippen LogP contribution in [0.5, 0.6) is 0 Å². The second-order valence-corrected chi connectivity index (χ2v) is 7.12. The summed E-state index contributed by atoms with van der Waals surface area (Å²) in [5.41, 5.74) is 6.59. The molecule has 1 fully saturated rings. The molecule has 0 aromatic carbocycles. The van der Waals surface area contributed by atoms with Gasteiger partial charge in [-0.05, 0) is 51.4 Å². The number of piperidine rings is 1. The molecule has 1 aromatic rings. The van der Waals surface area contributed by atoms with E-state index in [2.05, 4.69) is 24.8 Å². The van der Waals surface area contributed by atoms with Crippen molar-refractivity contribution in [3.05, 3.63) is 21.3 Å². The molecule has 0 bridgehead atoms. The summed E-state index contributed by atoms with van der Waals surface area (Å²) in [6, 6.07) is 4.08. The molecule has 0 saturated carbocycles. The topological polar surface area (TPSA) is 29.3 Å². The lowest BCUT2D eigenvalue weighted by Crippen LogP contribution is -2.54. The molecule has 1 aliphatic heterocycles. The molecule has 1 aliphatic rings. The number of rotatable bonds is 4. The maximum atomic E-state index is 6.54. The van der Waals surface area contributed by atoms with Crippen LogP contribution in [0, 0.1) is 0 Å². The third-order valence-electron chi connectivity index (χ3n) is 4.36. The van der Waals surface area contributed by atoms with Gasteiger partial charge < -0.3 is 5.73 Å². The number of likely N-dealkylation sites (tertiary alicyclic amines) is 1. The molecule has 0 amide bonds. The molecule has 0 radical (unpaired) electrons. The Morgan fingerprint density at radius 2 is 2.06 bits per heavy atom. The van der Waals surface area contributed by atoms with Crippen LogP contribution in [0.25, 0.3) is 0 Å². The molecule has 2 nitrogen and oxygen atoms in total. The Morgan fingerprint density at radius 1 is 1.39 bits per heavy atom. The predicted molar refractivity (Wildman–Crippen MR) is 80.4 cm³/mol. The van der Waals surface area contributed by atoms with Gasteiger partial charge in [-0.15, -0.1) is 11.3 Å². The fraction of sp³-hybridized carbons (Fsp3) is 0.714. The van der Waals surface area contributed by atoms with Gasteiger partial charge in [0.25, 0.3) is 0 Å². The molecule has 4 heteroatoms. The largest absolute Gasteiger partial charge is 0.322 e. The lowest BCUT2D eigenvalue weighted by atomic mass is 9.85. The first-order valence-corrected chi connectivity index (χ1v) is 8.03. The van der Waals surface area contributed by atoms with Crippen LogP contribution in [0.2, 0.25) is 4.34 Å². The van der Waals surface area contributed by atoms with Crippen molar-refractivity contribution in [1.82, 2.24) is 4.90 Å². The van der Waals surface area contributed by atoms with E-state index in [1.165, 1.54) is 37.2 Å². The zero-order valence-electron chi connectivity index (χ0n) is 11.3. The van der Waals surface area contributed by atoms with Crippen LogP contribution in [0.4, 0.5) is 0 Å². The minimum absolute atomic E-state index is 0.0502. The van der Waals surface area contributed by atoms with Gasteiger partial charge in [0.1, 0.15) is 0 Å². The summed E-state index contributed by atoms with van der Waals surface area (Å²) in [5.74, 6) is 0. The maximum absolute atomic E-state index is 6.54. The van der Waals surface area contributed by atoms with E-state index in [9.17, 15) is 0 Å². The van der Waals surface area contributed by atoms with Crippen LogP contribution < -0.4 is 5.73 Å². The minimum atomic E-state index is 0.0502. The van der Waals surface area contributed by atoms with E-state index < -0.39 is 0 Å². The van der Waals surface area contributed by atoms with Crippen molar-refractivity contribution in [2.24, 2.45) is 5.73 Å². The van der Waals surface area contributed by atoms with E-state index in [0.717, 1.165) is 10.8 Å². The third-order valence-corrected chi connectivity index (χ3v) is 5.68. The predicted octanol–water partition coefficient (Wildman–Crippen LogP) is 4.06. The van der Waals surface area contributed by atoms with Crippen molar-refractivity contribution in [1.29, 1.82) is 0 Å². The smallest absolute Gasteiger partial charge is 0.0931 e. The summed E-state index contributed by atoms with van der Waals surface area (Å²) in [6.07, 6.45) is 5.03. The average Bonchev–Trinajstić information content (AvgIpc) is 2.84. The highest BCUT2D eigenvalue weighted by Gasteiger charge is 2.38. The zero-order valence-corrected chi connectivity index (χ0v) is 12.9. The van der Waals surface area contributed by atoms with Gasteiger partial charge in [-0.1, -0.05) is 24.9 Å². The Balaban J connectivity index is 2.19. The van der Waals surface area contributed by atoms with E-state index in [4.69, 9.17) is 17.3 Å². The van der Waals surface area contributed by atoms with E-state index in [-0.39, 0.29) is 11.6 Å². The highest BCUT2D eigenvalue weighted by Crippen LogP contribution is 2.38. The van der Waals surface area contributed by atoms with E-state index >= 15 is 0 Å². The fourth-order valence-electron chi connectivity index (χ4n) is 2.85. The molecule has 2 heterocycles. The fourth-order valence-corrected chi connectivity index (χ4v) is 4.06. The van der Waals surface area contributed by atoms with Crippen molar-refractivity contribution in [3.8, 4) is 0 Å². The molecule has 2 N–H and O–H groups in total. The Kier molecular flexibility index (Phi) is 4.70. The number of hydrogen-bond donors (Lipinski definition) is 1. The number of halogens is 1. The van der Waals surface area contributed by atoms with Gasteiger partial charge in [0.15, 0.2) is 0 Å². The van der Waals surface area contributed by atoms with E-state index in [1.807, 2.05) is 6.07 Å². The molecule has 0 aliphatic carbocycles. The van der Waals surface area contributed by atoms with E-state index in [1.54, 1.807) is 11.3 Å². The zero-order chi connectivity index (χ0) is 13.2. The Bertz CT molecular complexity index is 387. The van der Waals surface area contributed by atoms with Crippen LogP contribution in [-0.4, -0.2) is 23.5 Å². The van der Waals surface area contributed by atoms with Gasteiger partial charge in [0, 0.05) is 10.4 Å². The minimum Gasteiger partial charge on any atom is -0.322 e. The van der Waals surface area contributed by atoms with Gasteiger partial charge in [0.05, 0.1) is 10.4 Å². The lowest BCUT2D eigenvalue weighted by molar-refractivity contribution is 0.0552. The second kappa shape index (κ2) is 5.91. The standard InChI is InChI=1S/C14H23ClN2S/c1-3-14(2,17-9-5-4-6-10-17)13(16)11-7-8-12(15)18-11/h7-8,13H,3-6,9-10,16H2,1-2H3. The molecule has 1 aromatic heterocycles. The molecule has 102 valence electrons. The molecule has 2 atom stereocenters. The first kappa shape index (κ1) is 14.3. The molecular weight excluding hydrogens is 264 g/mol. The van der Waals surface area contributed by atoms with Crippen LogP contribution in [-0.2, 0) is 0 Å². The van der Waals surface area contributed by atoms with Crippen molar-refractivity contribution >= 4 is 22.9 Å². The number of nitrogens with zero attached hydrogens (tertiary/aromatic N) is 1. The van der Waals surface area contributed by atoms with Gasteiger partial charge in [-0.2, -0.15) is 0 Å². The summed E-state index contributed by atoms with van der Waals surface area (Å²) in [7, 11) is 0. The first-order chi connectivity index (χ1) is 8.58. The highest BCUT2D eigenvalue weighted by atomic mass is 35.5. The molecular formula is C14H23ClN2S. The van der Waals surface area contributed by atoms with Crippen molar-refractivity contribution in [2.75, 3.05) is 13.1 Å². The Morgan fingerprint density at radius 3 is 2.56 bits per heavy atom. The monoisotopic (exact) mass is 286 g/mol. The molecule has 1 saturated heterocycles. The molecule has 2 rings (SSSR count). The van der Waals surface area contributed by atoms with Crippen LogP contribution in [0.15, 0.2) is 12.1 Å². The third kappa shape index (κ3) is 2.74. The van der Waals surface area contributed by atoms with E-state index in [0.29, 0.717) is 0 Å². The lowest BCUT2D eigenvalue weighted by Gasteiger charge is -2.46. The summed E-state index contributed by atoms with van der Waals surface area (Å²) >= 11 is 7.65. The van der Waals surface area contributed by atoms with Gasteiger partial charge in [0.2, 0.25) is 0 Å². The number of nitrogens with two attached hydrogens (primary N) is 1. The first-order valence-electron chi connectivity index (χ1n) is 6.84. The quantitative estimate of drug-likeness (QED) is 0.904. The Hall–Kier alpha value is -0.0900. The molecule has 2 unspecified atom stereocenters. The van der Waals surface area contributed by atoms with Gasteiger partial charge in [-0.25, -0.2) is 0 Å². The number of thiophene rings is 1. The van der Waals surface area contributed by atoms with Crippen LogP contribution in [0.1, 0.15) is 50.4 Å². The molecule has 0 spiro atoms. The van der Waals surface area contributed by atoms with Crippen molar-refractivity contribution < 1.29 is 0 Å². The maximum Gasteiger partial charge on any atom is 0.0931 e.